The summed E-state index contributed by atoms with van der Waals surface area (Å²) in [5.41, 5.74) is 0. The zero-order chi connectivity index (χ0) is 14.6. The van der Waals surface area contributed by atoms with Gasteiger partial charge in [0, 0.05) is 6.54 Å². The summed E-state index contributed by atoms with van der Waals surface area (Å²) in [6.07, 6.45) is 0.217. The zero-order valence-corrected chi connectivity index (χ0v) is 11.6. The monoisotopic (exact) mass is 293 g/mol. The summed E-state index contributed by atoms with van der Waals surface area (Å²) in [7, 11) is -3.43. The van der Waals surface area contributed by atoms with Gasteiger partial charge in [-0.2, -0.15) is 5.26 Å². The van der Waals surface area contributed by atoms with Crippen LogP contribution in [0, 0.1) is 11.3 Å². The summed E-state index contributed by atoms with van der Waals surface area (Å²) in [6.45, 7) is 0.162. The first-order valence-corrected chi connectivity index (χ1v) is 7.77. The van der Waals surface area contributed by atoms with Crippen molar-refractivity contribution in [1.29, 1.82) is 5.26 Å². The van der Waals surface area contributed by atoms with Crippen LogP contribution in [0.5, 0.6) is 0 Å². The van der Waals surface area contributed by atoms with Crippen molar-refractivity contribution in [2.45, 2.75) is 22.6 Å². The van der Waals surface area contributed by atoms with Crippen LogP contribution in [0.2, 0.25) is 0 Å². The molecule has 1 heterocycles. The Morgan fingerprint density at radius 1 is 1.40 bits per heavy atom. The highest BCUT2D eigenvalue weighted by atomic mass is 32.2. The molecule has 2 unspecified atom stereocenters. The molecule has 1 saturated heterocycles. The number of carbonyl (C=O) groups excluding carboxylic acids is 1. The SMILES string of the molecule is N#CCNC(=O)C1CC(S(=O)(=O)c2ccccc2)CN1. The van der Waals surface area contributed by atoms with Gasteiger partial charge in [0.05, 0.1) is 22.3 Å². The molecule has 0 spiro atoms. The Kier molecular flexibility index (Phi) is 4.37. The van der Waals surface area contributed by atoms with Crippen LogP contribution in [0.25, 0.3) is 0 Å². The van der Waals surface area contributed by atoms with E-state index in [-0.39, 0.29) is 30.3 Å². The van der Waals surface area contributed by atoms with Crippen molar-refractivity contribution in [3.05, 3.63) is 30.3 Å². The minimum Gasteiger partial charge on any atom is -0.342 e. The van der Waals surface area contributed by atoms with Crippen molar-refractivity contribution in [2.75, 3.05) is 13.1 Å². The quantitative estimate of drug-likeness (QED) is 0.751. The molecule has 7 heteroatoms. The third-order valence-electron chi connectivity index (χ3n) is 3.26. The van der Waals surface area contributed by atoms with Crippen LogP contribution in [-0.2, 0) is 14.6 Å². The van der Waals surface area contributed by atoms with Crippen LogP contribution in [0.1, 0.15) is 6.42 Å². The highest BCUT2D eigenvalue weighted by molar-refractivity contribution is 7.92. The van der Waals surface area contributed by atoms with Gasteiger partial charge in [-0.25, -0.2) is 8.42 Å². The van der Waals surface area contributed by atoms with E-state index in [1.807, 2.05) is 6.07 Å². The van der Waals surface area contributed by atoms with Crippen LogP contribution in [0.3, 0.4) is 0 Å². The largest absolute Gasteiger partial charge is 0.342 e. The van der Waals surface area contributed by atoms with Gasteiger partial charge in [0.25, 0.3) is 0 Å². The number of amides is 1. The highest BCUT2D eigenvalue weighted by Crippen LogP contribution is 2.22. The first-order chi connectivity index (χ1) is 9.55. The third-order valence-corrected chi connectivity index (χ3v) is 5.43. The van der Waals surface area contributed by atoms with E-state index < -0.39 is 21.1 Å². The average molecular weight is 293 g/mol. The predicted molar refractivity (Wildman–Crippen MR) is 72.4 cm³/mol. The van der Waals surface area contributed by atoms with E-state index in [1.54, 1.807) is 30.3 Å². The fourth-order valence-corrected chi connectivity index (χ4v) is 3.87. The van der Waals surface area contributed by atoms with E-state index in [4.69, 9.17) is 5.26 Å². The van der Waals surface area contributed by atoms with Crippen molar-refractivity contribution in [2.24, 2.45) is 0 Å². The summed E-state index contributed by atoms with van der Waals surface area (Å²) in [6, 6.07) is 9.46. The van der Waals surface area contributed by atoms with Crippen molar-refractivity contribution in [3.63, 3.8) is 0 Å². The molecular formula is C13H15N3O3S. The fourth-order valence-electron chi connectivity index (χ4n) is 2.19. The van der Waals surface area contributed by atoms with E-state index in [9.17, 15) is 13.2 Å². The standard InChI is InChI=1S/C13H15N3O3S/c14-6-7-15-13(17)12-8-11(9-16-12)20(18,19)10-4-2-1-3-5-10/h1-5,11-12,16H,7-9H2,(H,15,17). The number of hydrogen-bond donors (Lipinski definition) is 2. The molecule has 2 atom stereocenters. The Bertz CT molecular complexity index is 622. The Hall–Kier alpha value is -1.91. The molecule has 2 rings (SSSR count). The van der Waals surface area contributed by atoms with Crippen LogP contribution in [0.15, 0.2) is 35.2 Å². The number of nitriles is 1. The minimum absolute atomic E-state index is 0.0763. The maximum Gasteiger partial charge on any atom is 0.238 e. The van der Waals surface area contributed by atoms with Gasteiger partial charge in [0.2, 0.25) is 5.91 Å². The molecule has 1 aromatic rings. The number of sulfone groups is 1. The Balaban J connectivity index is 2.06. The van der Waals surface area contributed by atoms with Gasteiger partial charge in [-0.05, 0) is 18.6 Å². The topological polar surface area (TPSA) is 99.1 Å². The lowest BCUT2D eigenvalue weighted by atomic mass is 10.2. The molecule has 0 aromatic heterocycles. The molecule has 20 heavy (non-hydrogen) atoms. The lowest BCUT2D eigenvalue weighted by Gasteiger charge is -2.11. The van der Waals surface area contributed by atoms with Gasteiger partial charge in [0.1, 0.15) is 6.54 Å². The molecule has 6 nitrogen and oxygen atoms in total. The molecule has 2 N–H and O–H groups in total. The number of nitrogens with zero attached hydrogens (tertiary/aromatic N) is 1. The lowest BCUT2D eigenvalue weighted by molar-refractivity contribution is -0.122. The maximum atomic E-state index is 12.4. The molecule has 1 aromatic carbocycles. The van der Waals surface area contributed by atoms with E-state index >= 15 is 0 Å². The maximum absolute atomic E-state index is 12.4. The normalized spacial score (nSPS) is 22.1. The lowest BCUT2D eigenvalue weighted by Crippen LogP contribution is -2.40. The van der Waals surface area contributed by atoms with E-state index in [0.717, 1.165) is 0 Å². The molecule has 1 fully saturated rings. The molecule has 1 amide bonds. The van der Waals surface area contributed by atoms with Crippen molar-refractivity contribution >= 4 is 15.7 Å². The van der Waals surface area contributed by atoms with Crippen molar-refractivity contribution in [1.82, 2.24) is 10.6 Å². The Morgan fingerprint density at radius 2 is 2.10 bits per heavy atom. The van der Waals surface area contributed by atoms with Gasteiger partial charge in [-0.1, -0.05) is 18.2 Å². The molecule has 0 bridgehead atoms. The number of benzene rings is 1. The summed E-state index contributed by atoms with van der Waals surface area (Å²) in [5.74, 6) is -0.336. The molecule has 106 valence electrons. The first-order valence-electron chi connectivity index (χ1n) is 6.22. The van der Waals surface area contributed by atoms with E-state index in [2.05, 4.69) is 10.6 Å². The second-order valence-electron chi connectivity index (χ2n) is 4.55. The van der Waals surface area contributed by atoms with Gasteiger partial charge in [-0.15, -0.1) is 0 Å². The fraction of sp³-hybridized carbons (Fsp3) is 0.385. The van der Waals surface area contributed by atoms with Gasteiger partial charge in [0.15, 0.2) is 9.84 Å². The van der Waals surface area contributed by atoms with Gasteiger partial charge in [-0.3, -0.25) is 4.79 Å². The summed E-state index contributed by atoms with van der Waals surface area (Å²) >= 11 is 0. The zero-order valence-electron chi connectivity index (χ0n) is 10.7. The second-order valence-corrected chi connectivity index (χ2v) is 6.78. The van der Waals surface area contributed by atoms with Gasteiger partial charge >= 0.3 is 0 Å². The average Bonchev–Trinajstić information content (AvgIpc) is 2.96. The third kappa shape index (κ3) is 2.98. The van der Waals surface area contributed by atoms with Crippen LogP contribution < -0.4 is 10.6 Å². The summed E-state index contributed by atoms with van der Waals surface area (Å²) < 4.78 is 24.8. The Morgan fingerprint density at radius 3 is 2.75 bits per heavy atom. The second kappa shape index (κ2) is 6.03. The van der Waals surface area contributed by atoms with Crippen LogP contribution in [0.4, 0.5) is 0 Å². The number of rotatable bonds is 4. The van der Waals surface area contributed by atoms with E-state index in [1.165, 1.54) is 0 Å². The predicted octanol–water partition coefficient (Wildman–Crippen LogP) is -0.169. The summed E-state index contributed by atoms with van der Waals surface area (Å²) in [5, 5.41) is 13.1. The van der Waals surface area contributed by atoms with E-state index in [0.29, 0.717) is 0 Å². The molecule has 0 aliphatic carbocycles. The molecule has 1 aliphatic rings. The molecule has 1 aliphatic heterocycles. The van der Waals surface area contributed by atoms with Crippen molar-refractivity contribution in [3.8, 4) is 6.07 Å². The highest BCUT2D eigenvalue weighted by Gasteiger charge is 2.37. The van der Waals surface area contributed by atoms with Crippen molar-refractivity contribution < 1.29 is 13.2 Å². The number of nitrogens with one attached hydrogen (secondary N) is 2. The van der Waals surface area contributed by atoms with Crippen LogP contribution in [-0.4, -0.2) is 38.7 Å². The Labute approximate surface area is 117 Å². The first kappa shape index (κ1) is 14.5. The number of carbonyl (C=O) groups is 1. The summed E-state index contributed by atoms with van der Waals surface area (Å²) in [4.78, 5) is 12.0. The number of hydrogen-bond acceptors (Lipinski definition) is 5. The molecule has 0 saturated carbocycles. The smallest absolute Gasteiger partial charge is 0.238 e. The molecule has 0 radical (unpaired) electrons. The molecular weight excluding hydrogens is 278 g/mol. The van der Waals surface area contributed by atoms with Gasteiger partial charge < -0.3 is 10.6 Å². The van der Waals surface area contributed by atoms with Crippen LogP contribution >= 0.6 is 0 Å². The minimum atomic E-state index is -3.43.